The van der Waals surface area contributed by atoms with E-state index >= 15 is 0 Å². The molecule has 0 saturated carbocycles. The van der Waals surface area contributed by atoms with Crippen LogP contribution in [0.15, 0.2) is 47.8 Å². The number of hydrogen-bond acceptors (Lipinski definition) is 7. The number of methoxy groups -OCH3 is 3. The van der Waals surface area contributed by atoms with Crippen LogP contribution in [0.5, 0.6) is 17.2 Å². The van der Waals surface area contributed by atoms with Gasteiger partial charge in [-0.2, -0.15) is 0 Å². The van der Waals surface area contributed by atoms with Gasteiger partial charge in [-0.3, -0.25) is 10.1 Å². The highest BCUT2D eigenvalue weighted by atomic mass is 32.1. The van der Waals surface area contributed by atoms with E-state index in [1.165, 1.54) is 11.3 Å². The maximum absolute atomic E-state index is 12.5. The van der Waals surface area contributed by atoms with Crippen LogP contribution in [0.4, 0.5) is 5.13 Å². The Labute approximate surface area is 179 Å². The molecule has 7 nitrogen and oxygen atoms in total. The number of benzene rings is 2. The van der Waals surface area contributed by atoms with E-state index in [0.29, 0.717) is 28.9 Å². The van der Waals surface area contributed by atoms with Gasteiger partial charge in [0.05, 0.1) is 33.6 Å². The van der Waals surface area contributed by atoms with Crippen molar-refractivity contribution in [3.05, 3.63) is 53.4 Å². The van der Waals surface area contributed by atoms with Crippen molar-refractivity contribution in [1.82, 2.24) is 4.98 Å². The Bertz CT molecular complexity index is 1000. The zero-order chi connectivity index (χ0) is 21.5. The van der Waals surface area contributed by atoms with Crippen LogP contribution < -0.4 is 19.5 Å². The van der Waals surface area contributed by atoms with Crippen LogP contribution in [0.1, 0.15) is 12.5 Å². The van der Waals surface area contributed by atoms with Gasteiger partial charge >= 0.3 is 0 Å². The summed E-state index contributed by atoms with van der Waals surface area (Å²) in [6.45, 7) is 2.01. The first-order chi connectivity index (χ1) is 14.5. The van der Waals surface area contributed by atoms with E-state index in [4.69, 9.17) is 18.9 Å². The molecule has 1 amide bonds. The zero-order valence-electron chi connectivity index (χ0n) is 17.3. The molecule has 8 heteroatoms. The Morgan fingerprint density at radius 3 is 2.57 bits per heavy atom. The number of rotatable bonds is 9. The Morgan fingerprint density at radius 2 is 1.83 bits per heavy atom. The topological polar surface area (TPSA) is 78.9 Å². The molecule has 0 saturated heterocycles. The number of thiazole rings is 1. The molecule has 0 spiro atoms. The quantitative estimate of drug-likeness (QED) is 0.545. The molecule has 0 aliphatic rings. The fourth-order valence-corrected chi connectivity index (χ4v) is 3.44. The lowest BCUT2D eigenvalue weighted by atomic mass is 10.1. The number of hydrogen-bond donors (Lipinski definition) is 1. The number of ether oxygens (including phenoxy) is 4. The van der Waals surface area contributed by atoms with Crippen LogP contribution >= 0.6 is 11.3 Å². The van der Waals surface area contributed by atoms with Gasteiger partial charge in [0.1, 0.15) is 23.4 Å². The van der Waals surface area contributed by atoms with E-state index < -0.39 is 6.10 Å². The van der Waals surface area contributed by atoms with Crippen molar-refractivity contribution in [2.75, 3.05) is 26.6 Å². The van der Waals surface area contributed by atoms with E-state index in [1.807, 2.05) is 41.8 Å². The van der Waals surface area contributed by atoms with E-state index in [-0.39, 0.29) is 5.91 Å². The third kappa shape index (κ3) is 5.28. The Hall–Kier alpha value is -3.10. The number of aromatic nitrogens is 1. The van der Waals surface area contributed by atoms with E-state index in [0.717, 1.165) is 16.9 Å². The predicted molar refractivity (Wildman–Crippen MR) is 117 cm³/mol. The van der Waals surface area contributed by atoms with Gasteiger partial charge in [0.25, 0.3) is 5.91 Å². The molecular weight excluding hydrogens is 404 g/mol. The van der Waals surface area contributed by atoms with E-state index in [9.17, 15) is 4.79 Å². The maximum atomic E-state index is 12.5. The molecule has 30 heavy (non-hydrogen) atoms. The molecule has 1 heterocycles. The number of anilines is 1. The average molecular weight is 429 g/mol. The minimum atomic E-state index is -0.640. The molecule has 3 rings (SSSR count). The molecule has 1 unspecified atom stereocenters. The normalized spacial score (nSPS) is 11.6. The van der Waals surface area contributed by atoms with Gasteiger partial charge in [0, 0.05) is 17.0 Å². The molecule has 0 aliphatic carbocycles. The smallest absolute Gasteiger partial charge is 0.255 e. The standard InChI is InChI=1S/C22H24N2O5S/c1-14(29-12-15-6-5-7-16(10-15)26-2)21(25)24-22-23-19(13-30-22)18-9-8-17(27-3)11-20(18)28-4/h5-11,13-14H,12H2,1-4H3,(H,23,24,25). The lowest BCUT2D eigenvalue weighted by Crippen LogP contribution is -2.27. The summed E-state index contributed by atoms with van der Waals surface area (Å²) in [5.74, 6) is 1.83. The van der Waals surface area contributed by atoms with Crippen molar-refractivity contribution in [3.63, 3.8) is 0 Å². The summed E-state index contributed by atoms with van der Waals surface area (Å²) in [4.78, 5) is 17.0. The molecule has 0 radical (unpaired) electrons. The van der Waals surface area contributed by atoms with Gasteiger partial charge in [-0.15, -0.1) is 11.3 Å². The third-order valence-corrected chi connectivity index (χ3v) is 5.18. The van der Waals surface area contributed by atoms with Crippen molar-refractivity contribution in [3.8, 4) is 28.5 Å². The molecule has 1 atom stereocenters. The first-order valence-electron chi connectivity index (χ1n) is 9.27. The molecule has 0 fully saturated rings. The Kier molecular flexibility index (Phi) is 7.26. The minimum absolute atomic E-state index is 0.263. The minimum Gasteiger partial charge on any atom is -0.497 e. The molecule has 158 valence electrons. The van der Waals surface area contributed by atoms with Crippen LogP contribution in [-0.4, -0.2) is 38.3 Å². The number of carbonyl (C=O) groups is 1. The van der Waals surface area contributed by atoms with Crippen molar-refractivity contribution in [1.29, 1.82) is 0 Å². The summed E-state index contributed by atoms with van der Waals surface area (Å²) >= 11 is 1.34. The highest BCUT2D eigenvalue weighted by molar-refractivity contribution is 7.14. The average Bonchev–Trinajstić information content (AvgIpc) is 3.25. The fraction of sp³-hybridized carbons (Fsp3) is 0.273. The lowest BCUT2D eigenvalue weighted by molar-refractivity contribution is -0.127. The Morgan fingerprint density at radius 1 is 1.07 bits per heavy atom. The summed E-state index contributed by atoms with van der Waals surface area (Å²) in [6, 6.07) is 13.0. The molecule has 1 aromatic heterocycles. The summed E-state index contributed by atoms with van der Waals surface area (Å²) < 4.78 is 21.5. The van der Waals surface area contributed by atoms with Crippen LogP contribution in [0, 0.1) is 0 Å². The van der Waals surface area contributed by atoms with Gasteiger partial charge in [-0.1, -0.05) is 12.1 Å². The van der Waals surface area contributed by atoms with Gasteiger partial charge in [-0.25, -0.2) is 4.98 Å². The third-order valence-electron chi connectivity index (χ3n) is 4.42. The first kappa shape index (κ1) is 21.6. The molecule has 2 aromatic carbocycles. The maximum Gasteiger partial charge on any atom is 0.255 e. The highest BCUT2D eigenvalue weighted by Gasteiger charge is 2.17. The number of carbonyl (C=O) groups excluding carboxylic acids is 1. The number of nitrogens with one attached hydrogen (secondary N) is 1. The lowest BCUT2D eigenvalue weighted by Gasteiger charge is -2.12. The molecule has 0 aliphatic heterocycles. The van der Waals surface area contributed by atoms with Crippen LogP contribution in [0.3, 0.4) is 0 Å². The first-order valence-corrected chi connectivity index (χ1v) is 10.1. The van der Waals surface area contributed by atoms with Crippen molar-refractivity contribution in [2.45, 2.75) is 19.6 Å². The summed E-state index contributed by atoms with van der Waals surface area (Å²) in [5.41, 5.74) is 2.45. The van der Waals surface area contributed by atoms with E-state index in [2.05, 4.69) is 10.3 Å². The Balaban J connectivity index is 1.61. The van der Waals surface area contributed by atoms with Gasteiger partial charge in [-0.05, 0) is 36.8 Å². The zero-order valence-corrected chi connectivity index (χ0v) is 18.1. The van der Waals surface area contributed by atoms with Gasteiger partial charge < -0.3 is 18.9 Å². The second kappa shape index (κ2) is 10.1. The number of nitrogens with zero attached hydrogens (tertiary/aromatic N) is 1. The largest absolute Gasteiger partial charge is 0.497 e. The van der Waals surface area contributed by atoms with Crippen LogP contribution in [0.25, 0.3) is 11.3 Å². The monoisotopic (exact) mass is 428 g/mol. The van der Waals surface area contributed by atoms with Crippen molar-refractivity contribution in [2.24, 2.45) is 0 Å². The summed E-state index contributed by atoms with van der Waals surface area (Å²) in [7, 11) is 4.80. The van der Waals surface area contributed by atoms with Crippen molar-refractivity contribution >= 4 is 22.4 Å². The van der Waals surface area contributed by atoms with Gasteiger partial charge in [0.15, 0.2) is 5.13 Å². The van der Waals surface area contributed by atoms with E-state index in [1.54, 1.807) is 34.3 Å². The predicted octanol–water partition coefficient (Wildman–Crippen LogP) is 4.38. The van der Waals surface area contributed by atoms with Crippen LogP contribution in [-0.2, 0) is 16.1 Å². The van der Waals surface area contributed by atoms with Crippen LogP contribution in [0.2, 0.25) is 0 Å². The molecule has 0 bridgehead atoms. The highest BCUT2D eigenvalue weighted by Crippen LogP contribution is 2.34. The second-order valence-corrected chi connectivity index (χ2v) is 7.26. The SMILES string of the molecule is COc1cccc(COC(C)C(=O)Nc2nc(-c3ccc(OC)cc3OC)cs2)c1. The molecule has 1 N–H and O–H groups in total. The van der Waals surface area contributed by atoms with Crippen molar-refractivity contribution < 1.29 is 23.7 Å². The summed E-state index contributed by atoms with van der Waals surface area (Å²) in [6.07, 6.45) is -0.640. The molecule has 3 aromatic rings. The second-order valence-electron chi connectivity index (χ2n) is 6.40. The summed E-state index contributed by atoms with van der Waals surface area (Å²) in [5, 5.41) is 5.16. The molecular formula is C22H24N2O5S. The van der Waals surface area contributed by atoms with Gasteiger partial charge in [0.2, 0.25) is 0 Å². The fourth-order valence-electron chi connectivity index (χ4n) is 2.73. The number of amides is 1.